The van der Waals surface area contributed by atoms with Gasteiger partial charge in [-0.05, 0) is 30.5 Å². The second-order valence-electron chi connectivity index (χ2n) is 2.81. The molecule has 68 valence electrons. The largest absolute Gasteiger partial charge is 0.265 e. The minimum Gasteiger partial charge on any atom is -0.265 e. The normalized spacial score (nSPS) is 9.08. The van der Waals surface area contributed by atoms with Crippen molar-refractivity contribution in [3.63, 3.8) is 0 Å². The molecule has 0 amide bonds. The molecule has 0 radical (unpaired) electrons. The number of hydrogen-bond acceptors (Lipinski definition) is 1. The van der Waals surface area contributed by atoms with Gasteiger partial charge < -0.3 is 0 Å². The first-order valence-electron chi connectivity index (χ1n) is 4.32. The quantitative estimate of drug-likeness (QED) is 0.657. The molecule has 1 rings (SSSR count). The van der Waals surface area contributed by atoms with Gasteiger partial charge in [-0.25, -0.2) is 0 Å². The van der Waals surface area contributed by atoms with E-state index >= 15 is 0 Å². The van der Waals surface area contributed by atoms with Crippen molar-refractivity contribution in [3.8, 4) is 0 Å². The van der Waals surface area contributed by atoms with Crippen LogP contribution in [0, 0.1) is 0 Å². The maximum absolute atomic E-state index is 3.97. The van der Waals surface area contributed by atoms with E-state index < -0.39 is 0 Å². The van der Waals surface area contributed by atoms with E-state index in [9.17, 15) is 0 Å². The van der Waals surface area contributed by atoms with E-state index in [0.717, 1.165) is 0 Å². The Morgan fingerprint density at radius 2 is 1.83 bits per heavy atom. The Morgan fingerprint density at radius 1 is 1.17 bits per heavy atom. The molecule has 0 atom stereocenters. The van der Waals surface area contributed by atoms with E-state index in [1.165, 1.54) is 31.2 Å². The molecular formula is C10H16ClN. The van der Waals surface area contributed by atoms with Crippen LogP contribution in [0.15, 0.2) is 24.5 Å². The van der Waals surface area contributed by atoms with E-state index in [1.807, 2.05) is 12.4 Å². The van der Waals surface area contributed by atoms with Crippen LogP contribution in [0.4, 0.5) is 0 Å². The molecule has 0 fully saturated rings. The lowest BCUT2D eigenvalue weighted by atomic mass is 10.1. The van der Waals surface area contributed by atoms with E-state index in [4.69, 9.17) is 0 Å². The van der Waals surface area contributed by atoms with Crippen molar-refractivity contribution in [2.75, 3.05) is 0 Å². The van der Waals surface area contributed by atoms with Gasteiger partial charge in [0.15, 0.2) is 0 Å². The summed E-state index contributed by atoms with van der Waals surface area (Å²) in [5.74, 6) is 0. The number of nitrogens with zero attached hydrogens (tertiary/aromatic N) is 1. The molecule has 0 aliphatic carbocycles. The van der Waals surface area contributed by atoms with Crippen molar-refractivity contribution in [3.05, 3.63) is 30.1 Å². The van der Waals surface area contributed by atoms with Crippen LogP contribution < -0.4 is 0 Å². The third kappa shape index (κ3) is 4.35. The number of halogens is 1. The van der Waals surface area contributed by atoms with Crippen molar-refractivity contribution in [2.24, 2.45) is 0 Å². The summed E-state index contributed by atoms with van der Waals surface area (Å²) in [5, 5.41) is 0. The molecule has 12 heavy (non-hydrogen) atoms. The van der Waals surface area contributed by atoms with Crippen molar-refractivity contribution in [1.29, 1.82) is 0 Å². The van der Waals surface area contributed by atoms with Crippen molar-refractivity contribution in [1.82, 2.24) is 4.98 Å². The summed E-state index contributed by atoms with van der Waals surface area (Å²) in [7, 11) is 0. The molecule has 1 aromatic heterocycles. The number of aromatic nitrogens is 1. The zero-order chi connectivity index (χ0) is 7.94. The summed E-state index contributed by atoms with van der Waals surface area (Å²) < 4.78 is 0. The Balaban J connectivity index is 0.00000121. The number of pyridine rings is 1. The van der Waals surface area contributed by atoms with Gasteiger partial charge in [0.25, 0.3) is 0 Å². The Morgan fingerprint density at radius 3 is 2.42 bits per heavy atom. The highest BCUT2D eigenvalue weighted by molar-refractivity contribution is 5.85. The van der Waals surface area contributed by atoms with E-state index in [-0.39, 0.29) is 12.4 Å². The maximum Gasteiger partial charge on any atom is 0.0270 e. The topological polar surface area (TPSA) is 12.9 Å². The lowest BCUT2D eigenvalue weighted by Gasteiger charge is -1.97. The average molecular weight is 186 g/mol. The fourth-order valence-electron chi connectivity index (χ4n) is 1.13. The minimum atomic E-state index is 0. The molecule has 0 aliphatic heterocycles. The lowest BCUT2D eigenvalue weighted by molar-refractivity contribution is 0.717. The maximum atomic E-state index is 3.97. The van der Waals surface area contributed by atoms with Gasteiger partial charge in [0.2, 0.25) is 0 Å². The Kier molecular flexibility index (Phi) is 6.78. The lowest BCUT2D eigenvalue weighted by Crippen LogP contribution is -1.84. The molecule has 0 N–H and O–H groups in total. The minimum absolute atomic E-state index is 0. The highest BCUT2D eigenvalue weighted by atomic mass is 35.5. The second-order valence-corrected chi connectivity index (χ2v) is 2.81. The molecule has 0 saturated carbocycles. The molecule has 0 unspecified atom stereocenters. The second kappa shape index (κ2) is 7.11. The molecule has 1 heterocycles. The van der Waals surface area contributed by atoms with E-state index in [1.54, 1.807) is 0 Å². The van der Waals surface area contributed by atoms with Crippen LogP contribution in [0.2, 0.25) is 0 Å². The van der Waals surface area contributed by atoms with Gasteiger partial charge >= 0.3 is 0 Å². The zero-order valence-electron chi connectivity index (χ0n) is 7.49. The molecule has 0 bridgehead atoms. The van der Waals surface area contributed by atoms with Crippen LogP contribution in [0.5, 0.6) is 0 Å². The number of hydrogen-bond donors (Lipinski definition) is 0. The fraction of sp³-hybridized carbons (Fsp3) is 0.500. The van der Waals surface area contributed by atoms with Crippen LogP contribution in [0.25, 0.3) is 0 Å². The molecule has 0 spiro atoms. The summed E-state index contributed by atoms with van der Waals surface area (Å²) in [6.45, 7) is 2.23. The van der Waals surface area contributed by atoms with Gasteiger partial charge in [0.05, 0.1) is 0 Å². The molecule has 0 aromatic carbocycles. The van der Waals surface area contributed by atoms with E-state index in [0.29, 0.717) is 0 Å². The molecule has 1 aromatic rings. The highest BCUT2D eigenvalue weighted by Gasteiger charge is 1.89. The Hall–Kier alpha value is -0.560. The SMILES string of the molecule is CCCCCc1ccncc1.Cl. The monoisotopic (exact) mass is 185 g/mol. The first kappa shape index (κ1) is 11.4. The fourth-order valence-corrected chi connectivity index (χ4v) is 1.13. The van der Waals surface area contributed by atoms with E-state index in [2.05, 4.69) is 24.0 Å². The molecule has 0 saturated heterocycles. The predicted octanol–water partition coefficient (Wildman–Crippen LogP) is 3.24. The van der Waals surface area contributed by atoms with Crippen LogP contribution in [0.3, 0.4) is 0 Å². The van der Waals surface area contributed by atoms with Gasteiger partial charge in [-0.2, -0.15) is 0 Å². The molecular weight excluding hydrogens is 170 g/mol. The summed E-state index contributed by atoms with van der Waals surface area (Å²) in [5.41, 5.74) is 1.41. The van der Waals surface area contributed by atoms with Gasteiger partial charge in [0.1, 0.15) is 0 Å². The number of rotatable bonds is 4. The summed E-state index contributed by atoms with van der Waals surface area (Å²) >= 11 is 0. The standard InChI is InChI=1S/C10H15N.ClH/c1-2-3-4-5-10-6-8-11-9-7-10;/h6-9H,2-5H2,1H3;1H. The summed E-state index contributed by atoms with van der Waals surface area (Å²) in [6, 6.07) is 4.19. The van der Waals surface area contributed by atoms with Crippen molar-refractivity contribution in [2.45, 2.75) is 32.6 Å². The molecule has 0 aliphatic rings. The third-order valence-electron chi connectivity index (χ3n) is 1.82. The highest BCUT2D eigenvalue weighted by Crippen LogP contribution is 2.04. The van der Waals surface area contributed by atoms with Crippen LogP contribution in [0.1, 0.15) is 31.7 Å². The van der Waals surface area contributed by atoms with Crippen molar-refractivity contribution < 1.29 is 0 Å². The van der Waals surface area contributed by atoms with Gasteiger partial charge in [-0.3, -0.25) is 4.98 Å². The average Bonchev–Trinajstić information content (AvgIpc) is 2.07. The smallest absolute Gasteiger partial charge is 0.0270 e. The van der Waals surface area contributed by atoms with Gasteiger partial charge in [-0.15, -0.1) is 12.4 Å². The summed E-state index contributed by atoms with van der Waals surface area (Å²) in [6.07, 6.45) is 8.87. The van der Waals surface area contributed by atoms with Crippen LogP contribution in [-0.4, -0.2) is 4.98 Å². The van der Waals surface area contributed by atoms with Gasteiger partial charge in [0, 0.05) is 12.4 Å². The number of unbranched alkanes of at least 4 members (excludes halogenated alkanes) is 2. The third-order valence-corrected chi connectivity index (χ3v) is 1.82. The first-order valence-corrected chi connectivity index (χ1v) is 4.32. The number of aryl methyl sites for hydroxylation is 1. The zero-order valence-corrected chi connectivity index (χ0v) is 8.31. The summed E-state index contributed by atoms with van der Waals surface area (Å²) in [4.78, 5) is 3.97. The van der Waals surface area contributed by atoms with Crippen LogP contribution in [-0.2, 0) is 6.42 Å². The molecule has 2 heteroatoms. The van der Waals surface area contributed by atoms with Gasteiger partial charge in [-0.1, -0.05) is 19.8 Å². The Labute approximate surface area is 80.6 Å². The van der Waals surface area contributed by atoms with Crippen LogP contribution >= 0.6 is 12.4 Å². The van der Waals surface area contributed by atoms with Crippen molar-refractivity contribution >= 4 is 12.4 Å². The molecule has 1 nitrogen and oxygen atoms in total. The first-order chi connectivity index (χ1) is 5.43. The Bertz CT molecular complexity index is 186. The predicted molar refractivity (Wildman–Crippen MR) is 54.7 cm³/mol.